The van der Waals surface area contributed by atoms with Crippen LogP contribution in [0.2, 0.25) is 0 Å². The Morgan fingerprint density at radius 1 is 1.40 bits per heavy atom. The fraction of sp³-hybridized carbons (Fsp3) is 0.417. The lowest BCUT2D eigenvalue weighted by Crippen LogP contribution is -2.53. The zero-order valence-electron chi connectivity index (χ0n) is 9.03. The molecular formula is C12H17NO2. The Labute approximate surface area is 89.9 Å². The number of carbonyl (C=O) groups is 1. The number of carboxylic acids is 1. The summed E-state index contributed by atoms with van der Waals surface area (Å²) in [7, 11) is 0. The molecule has 0 spiro atoms. The first-order valence-corrected chi connectivity index (χ1v) is 5.25. The van der Waals surface area contributed by atoms with Gasteiger partial charge in [-0.1, -0.05) is 31.2 Å². The SMILES string of the molecule is CCc1ccc([C@@H]([NH3+])CCC(=O)[O-])cc1. The van der Waals surface area contributed by atoms with Gasteiger partial charge in [-0.2, -0.15) is 0 Å². The van der Waals surface area contributed by atoms with E-state index in [1.54, 1.807) is 0 Å². The van der Waals surface area contributed by atoms with Gasteiger partial charge in [-0.3, -0.25) is 0 Å². The maximum absolute atomic E-state index is 10.3. The standard InChI is InChI=1S/C12H17NO2/c1-2-9-3-5-10(6-4-9)11(13)7-8-12(14)15/h3-6,11H,2,7-8,13H2,1H3,(H,14,15)/t11-/m0/s1. The summed E-state index contributed by atoms with van der Waals surface area (Å²) in [4.78, 5) is 10.3. The van der Waals surface area contributed by atoms with Gasteiger partial charge in [0.25, 0.3) is 0 Å². The number of quaternary nitrogens is 1. The Balaban J connectivity index is 2.57. The minimum Gasteiger partial charge on any atom is -0.550 e. The molecule has 0 fully saturated rings. The number of rotatable bonds is 5. The molecule has 0 aromatic heterocycles. The summed E-state index contributed by atoms with van der Waals surface area (Å²) in [5.41, 5.74) is 6.32. The van der Waals surface area contributed by atoms with E-state index in [2.05, 4.69) is 24.8 Å². The highest BCUT2D eigenvalue weighted by Gasteiger charge is 2.08. The highest BCUT2D eigenvalue weighted by atomic mass is 16.4. The fourth-order valence-corrected chi connectivity index (χ4v) is 1.48. The highest BCUT2D eigenvalue weighted by Crippen LogP contribution is 2.14. The fourth-order valence-electron chi connectivity index (χ4n) is 1.48. The summed E-state index contributed by atoms with van der Waals surface area (Å²) < 4.78 is 0. The van der Waals surface area contributed by atoms with Gasteiger partial charge in [0, 0.05) is 18.0 Å². The number of benzene rings is 1. The molecule has 82 valence electrons. The van der Waals surface area contributed by atoms with Crippen LogP contribution in [0.5, 0.6) is 0 Å². The van der Waals surface area contributed by atoms with Crippen LogP contribution in [-0.2, 0) is 11.2 Å². The van der Waals surface area contributed by atoms with E-state index in [4.69, 9.17) is 0 Å². The second-order valence-electron chi connectivity index (χ2n) is 3.70. The van der Waals surface area contributed by atoms with Crippen LogP contribution in [0, 0.1) is 0 Å². The predicted octanol–water partition coefficient (Wildman–Crippen LogP) is 0.0621. The molecule has 1 rings (SSSR count). The monoisotopic (exact) mass is 207 g/mol. The summed E-state index contributed by atoms with van der Waals surface area (Å²) in [5.74, 6) is -1.01. The number of carbonyl (C=O) groups excluding carboxylic acids is 1. The number of carboxylic acid groups (broad SMARTS) is 1. The lowest BCUT2D eigenvalue weighted by molar-refractivity contribution is -0.428. The number of hydrogen-bond acceptors (Lipinski definition) is 2. The van der Waals surface area contributed by atoms with Crippen LogP contribution in [-0.4, -0.2) is 5.97 Å². The molecule has 0 amide bonds. The largest absolute Gasteiger partial charge is 0.550 e. The van der Waals surface area contributed by atoms with Crippen molar-refractivity contribution in [3.05, 3.63) is 35.4 Å². The van der Waals surface area contributed by atoms with Crippen molar-refractivity contribution in [3.63, 3.8) is 0 Å². The summed E-state index contributed by atoms with van der Waals surface area (Å²) in [6.07, 6.45) is 1.62. The molecule has 0 heterocycles. The molecule has 0 saturated heterocycles. The topological polar surface area (TPSA) is 67.8 Å². The van der Waals surface area contributed by atoms with Crippen molar-refractivity contribution in [1.82, 2.24) is 0 Å². The average molecular weight is 207 g/mol. The van der Waals surface area contributed by atoms with E-state index in [9.17, 15) is 9.90 Å². The second kappa shape index (κ2) is 5.51. The quantitative estimate of drug-likeness (QED) is 0.742. The minimum absolute atomic E-state index is 0.0359. The molecule has 15 heavy (non-hydrogen) atoms. The Bertz CT molecular complexity index is 319. The maximum atomic E-state index is 10.3. The Hall–Kier alpha value is -1.35. The lowest BCUT2D eigenvalue weighted by atomic mass is 10.0. The first kappa shape index (κ1) is 11.7. The zero-order valence-corrected chi connectivity index (χ0v) is 9.03. The second-order valence-corrected chi connectivity index (χ2v) is 3.70. The van der Waals surface area contributed by atoms with Crippen LogP contribution in [0.3, 0.4) is 0 Å². The lowest BCUT2D eigenvalue weighted by Gasteiger charge is -2.09. The van der Waals surface area contributed by atoms with E-state index in [0.29, 0.717) is 6.42 Å². The molecule has 0 radical (unpaired) electrons. The van der Waals surface area contributed by atoms with Crippen molar-refractivity contribution in [3.8, 4) is 0 Å². The molecule has 1 atom stereocenters. The Morgan fingerprint density at radius 2 is 2.00 bits per heavy atom. The van der Waals surface area contributed by atoms with Crippen LogP contribution in [0.25, 0.3) is 0 Å². The van der Waals surface area contributed by atoms with Gasteiger partial charge in [0.1, 0.15) is 6.04 Å². The van der Waals surface area contributed by atoms with Crippen molar-refractivity contribution in [1.29, 1.82) is 0 Å². The molecule has 0 aliphatic rings. The molecule has 0 bridgehead atoms. The molecule has 0 aliphatic heterocycles. The molecule has 3 N–H and O–H groups in total. The predicted molar refractivity (Wildman–Crippen MR) is 55.7 cm³/mol. The molecule has 1 aromatic rings. The number of hydrogen-bond donors (Lipinski definition) is 1. The molecule has 0 aliphatic carbocycles. The molecule has 3 nitrogen and oxygen atoms in total. The van der Waals surface area contributed by atoms with E-state index >= 15 is 0 Å². The van der Waals surface area contributed by atoms with E-state index in [-0.39, 0.29) is 12.5 Å². The smallest absolute Gasteiger partial charge is 0.110 e. The van der Waals surface area contributed by atoms with Gasteiger partial charge in [0.2, 0.25) is 0 Å². The van der Waals surface area contributed by atoms with Gasteiger partial charge in [-0.25, -0.2) is 0 Å². The van der Waals surface area contributed by atoms with Crippen molar-refractivity contribution in [2.45, 2.75) is 32.2 Å². The van der Waals surface area contributed by atoms with Crippen LogP contribution in [0.15, 0.2) is 24.3 Å². The first-order chi connectivity index (χ1) is 7.13. The van der Waals surface area contributed by atoms with Gasteiger partial charge in [0.05, 0.1) is 0 Å². The van der Waals surface area contributed by atoms with Crippen LogP contribution in [0.4, 0.5) is 0 Å². The van der Waals surface area contributed by atoms with Crippen molar-refractivity contribution >= 4 is 5.97 Å². The summed E-state index contributed by atoms with van der Waals surface area (Å²) in [5, 5.41) is 10.3. The van der Waals surface area contributed by atoms with E-state index in [0.717, 1.165) is 12.0 Å². The summed E-state index contributed by atoms with van der Waals surface area (Å²) in [6.45, 7) is 2.10. The molecular weight excluding hydrogens is 190 g/mol. The molecule has 0 saturated carbocycles. The minimum atomic E-state index is -1.01. The third kappa shape index (κ3) is 3.72. The Morgan fingerprint density at radius 3 is 2.47 bits per heavy atom. The summed E-state index contributed by atoms with van der Waals surface area (Å²) in [6, 6.07) is 8.20. The summed E-state index contributed by atoms with van der Waals surface area (Å²) >= 11 is 0. The van der Waals surface area contributed by atoms with E-state index < -0.39 is 5.97 Å². The maximum Gasteiger partial charge on any atom is 0.110 e. The average Bonchev–Trinajstić information content (AvgIpc) is 2.26. The van der Waals surface area contributed by atoms with Crippen molar-refractivity contribution in [2.24, 2.45) is 0 Å². The first-order valence-electron chi connectivity index (χ1n) is 5.25. The van der Waals surface area contributed by atoms with Crippen LogP contribution < -0.4 is 10.8 Å². The van der Waals surface area contributed by atoms with Crippen molar-refractivity contribution in [2.75, 3.05) is 0 Å². The van der Waals surface area contributed by atoms with Crippen LogP contribution >= 0.6 is 0 Å². The van der Waals surface area contributed by atoms with Gasteiger partial charge < -0.3 is 15.6 Å². The molecule has 1 aromatic carbocycles. The highest BCUT2D eigenvalue weighted by molar-refractivity contribution is 5.64. The molecule has 3 heteroatoms. The normalized spacial score (nSPS) is 12.4. The third-order valence-electron chi connectivity index (χ3n) is 2.56. The van der Waals surface area contributed by atoms with Gasteiger partial charge in [-0.15, -0.1) is 0 Å². The van der Waals surface area contributed by atoms with Gasteiger partial charge >= 0.3 is 0 Å². The van der Waals surface area contributed by atoms with Gasteiger partial charge in [0.15, 0.2) is 0 Å². The zero-order chi connectivity index (χ0) is 11.3. The van der Waals surface area contributed by atoms with E-state index in [1.165, 1.54) is 5.56 Å². The van der Waals surface area contributed by atoms with Crippen molar-refractivity contribution < 1.29 is 15.6 Å². The molecule has 0 unspecified atom stereocenters. The van der Waals surface area contributed by atoms with Crippen LogP contribution in [0.1, 0.15) is 36.9 Å². The third-order valence-corrected chi connectivity index (χ3v) is 2.56. The Kier molecular flexibility index (Phi) is 4.31. The number of aliphatic carboxylic acids is 1. The van der Waals surface area contributed by atoms with E-state index in [1.807, 2.05) is 12.1 Å². The number of aryl methyl sites for hydroxylation is 1. The van der Waals surface area contributed by atoms with Gasteiger partial charge in [-0.05, 0) is 18.4 Å².